The summed E-state index contributed by atoms with van der Waals surface area (Å²) in [4.78, 5) is 19.3. The lowest BCUT2D eigenvalue weighted by Gasteiger charge is -2.17. The molecule has 17 heavy (non-hydrogen) atoms. The highest BCUT2D eigenvalue weighted by Crippen LogP contribution is 2.22. The number of fused-ring (bicyclic) bond motifs is 1. The van der Waals surface area contributed by atoms with Crippen molar-refractivity contribution in [2.75, 3.05) is 0 Å². The van der Waals surface area contributed by atoms with Crippen LogP contribution in [0.15, 0.2) is 24.4 Å². The van der Waals surface area contributed by atoms with Crippen molar-refractivity contribution in [3.05, 3.63) is 35.7 Å². The molecule has 0 saturated carbocycles. The number of pyridine rings is 2. The predicted molar refractivity (Wildman–Crippen MR) is 65.2 cm³/mol. The Kier molecular flexibility index (Phi) is 2.58. The van der Waals surface area contributed by atoms with Gasteiger partial charge in [0.15, 0.2) is 5.65 Å². The average Bonchev–Trinajstić information content (AvgIpc) is 2.26. The fourth-order valence-electron chi connectivity index (χ4n) is 1.55. The Morgan fingerprint density at radius 1 is 1.29 bits per heavy atom. The summed E-state index contributed by atoms with van der Waals surface area (Å²) < 4.78 is 0. The number of rotatable bonds is 1. The van der Waals surface area contributed by atoms with E-state index in [1.807, 2.05) is 12.1 Å². The molecule has 0 aromatic carbocycles. The Labute approximate surface area is 99.3 Å². The van der Waals surface area contributed by atoms with Crippen molar-refractivity contribution in [2.45, 2.75) is 26.2 Å². The van der Waals surface area contributed by atoms with Crippen LogP contribution in [0.3, 0.4) is 0 Å². The molecule has 4 nitrogen and oxygen atoms in total. The number of hydrogen-bond acceptors (Lipinski definition) is 3. The molecule has 0 atom stereocenters. The van der Waals surface area contributed by atoms with Gasteiger partial charge in [0.25, 0.3) is 0 Å². The van der Waals surface area contributed by atoms with E-state index in [9.17, 15) is 4.79 Å². The quantitative estimate of drug-likeness (QED) is 0.818. The molecule has 0 unspecified atom stereocenters. The van der Waals surface area contributed by atoms with Crippen LogP contribution in [-0.4, -0.2) is 21.0 Å². The first-order chi connectivity index (χ1) is 7.88. The molecule has 0 amide bonds. The molecule has 1 N–H and O–H groups in total. The highest BCUT2D eigenvalue weighted by Gasteiger charge is 2.16. The maximum atomic E-state index is 10.8. The molecule has 88 valence electrons. The zero-order valence-electron chi connectivity index (χ0n) is 10.1. The number of carbonyl (C=O) groups is 1. The minimum absolute atomic E-state index is 0.0403. The summed E-state index contributed by atoms with van der Waals surface area (Å²) in [6, 6.07) is 5.36. The van der Waals surface area contributed by atoms with Gasteiger partial charge in [0.2, 0.25) is 0 Å². The second-order valence-corrected chi connectivity index (χ2v) is 5.02. The predicted octanol–water partition coefficient (Wildman–Crippen LogP) is 2.63. The molecule has 4 heteroatoms. The van der Waals surface area contributed by atoms with Gasteiger partial charge < -0.3 is 5.11 Å². The third-order valence-electron chi connectivity index (χ3n) is 2.56. The number of carboxylic acids is 1. The van der Waals surface area contributed by atoms with E-state index in [0.717, 1.165) is 11.1 Å². The van der Waals surface area contributed by atoms with Crippen molar-refractivity contribution in [3.63, 3.8) is 0 Å². The molecule has 2 aromatic rings. The SMILES string of the molecule is CC(C)(C)c1ccc2cc(C(=O)O)cnc2n1. The minimum Gasteiger partial charge on any atom is -0.478 e. The van der Waals surface area contributed by atoms with Gasteiger partial charge in [0.05, 0.1) is 5.56 Å². The first-order valence-corrected chi connectivity index (χ1v) is 5.38. The minimum atomic E-state index is -0.973. The van der Waals surface area contributed by atoms with E-state index in [0.29, 0.717) is 5.65 Å². The van der Waals surface area contributed by atoms with Gasteiger partial charge in [-0.2, -0.15) is 0 Å². The van der Waals surface area contributed by atoms with E-state index >= 15 is 0 Å². The molecule has 2 rings (SSSR count). The molecular formula is C13H14N2O2. The highest BCUT2D eigenvalue weighted by molar-refractivity contribution is 5.91. The van der Waals surface area contributed by atoms with Crippen molar-refractivity contribution in [1.29, 1.82) is 0 Å². The second-order valence-electron chi connectivity index (χ2n) is 5.02. The molecule has 0 saturated heterocycles. The van der Waals surface area contributed by atoms with Gasteiger partial charge in [-0.1, -0.05) is 20.8 Å². The lowest BCUT2D eigenvalue weighted by Crippen LogP contribution is -2.13. The van der Waals surface area contributed by atoms with Gasteiger partial charge in [-0.15, -0.1) is 0 Å². The van der Waals surface area contributed by atoms with Crippen molar-refractivity contribution in [2.24, 2.45) is 0 Å². The zero-order chi connectivity index (χ0) is 12.6. The maximum Gasteiger partial charge on any atom is 0.337 e. The van der Waals surface area contributed by atoms with Crippen LogP contribution in [0, 0.1) is 0 Å². The first-order valence-electron chi connectivity index (χ1n) is 5.38. The number of hydrogen-bond donors (Lipinski definition) is 1. The normalized spacial score (nSPS) is 11.7. The van der Waals surface area contributed by atoms with Gasteiger partial charge in [0.1, 0.15) is 0 Å². The molecular weight excluding hydrogens is 216 g/mol. The zero-order valence-corrected chi connectivity index (χ0v) is 10.1. The van der Waals surface area contributed by atoms with Gasteiger partial charge in [0, 0.05) is 22.7 Å². The Morgan fingerprint density at radius 3 is 2.59 bits per heavy atom. The Hall–Kier alpha value is -1.97. The van der Waals surface area contributed by atoms with Crippen LogP contribution in [0.4, 0.5) is 0 Å². The van der Waals surface area contributed by atoms with Gasteiger partial charge in [-0.25, -0.2) is 14.8 Å². The summed E-state index contributed by atoms with van der Waals surface area (Å²) in [6.45, 7) is 6.23. The van der Waals surface area contributed by atoms with Crippen LogP contribution < -0.4 is 0 Å². The van der Waals surface area contributed by atoms with Crippen LogP contribution in [0.1, 0.15) is 36.8 Å². The monoisotopic (exact) mass is 230 g/mol. The summed E-state index contributed by atoms with van der Waals surface area (Å²) in [6.07, 6.45) is 1.34. The summed E-state index contributed by atoms with van der Waals surface area (Å²) in [5.74, 6) is -0.973. The van der Waals surface area contributed by atoms with E-state index in [1.165, 1.54) is 6.20 Å². The number of aromatic nitrogens is 2. The van der Waals surface area contributed by atoms with E-state index in [-0.39, 0.29) is 11.0 Å². The standard InChI is InChI=1S/C13H14N2O2/c1-13(2,3)10-5-4-8-6-9(12(16)17)7-14-11(8)15-10/h4-7H,1-3H3,(H,16,17). The summed E-state index contributed by atoms with van der Waals surface area (Å²) in [7, 11) is 0. The fourth-order valence-corrected chi connectivity index (χ4v) is 1.55. The van der Waals surface area contributed by atoms with Crippen LogP contribution in [0.25, 0.3) is 11.0 Å². The van der Waals surface area contributed by atoms with E-state index in [4.69, 9.17) is 5.11 Å². The van der Waals surface area contributed by atoms with Crippen molar-refractivity contribution in [1.82, 2.24) is 9.97 Å². The lowest BCUT2D eigenvalue weighted by molar-refractivity contribution is 0.0696. The van der Waals surface area contributed by atoms with Crippen LogP contribution in [0.2, 0.25) is 0 Å². The summed E-state index contributed by atoms with van der Waals surface area (Å²) >= 11 is 0. The molecule has 0 aliphatic heterocycles. The molecule has 0 aliphatic carbocycles. The van der Waals surface area contributed by atoms with Crippen molar-refractivity contribution in [3.8, 4) is 0 Å². The van der Waals surface area contributed by atoms with Gasteiger partial charge in [-0.05, 0) is 18.2 Å². The molecule has 0 fully saturated rings. The second kappa shape index (κ2) is 3.80. The van der Waals surface area contributed by atoms with Gasteiger partial charge in [-0.3, -0.25) is 0 Å². The lowest BCUT2D eigenvalue weighted by atomic mass is 9.91. The van der Waals surface area contributed by atoms with E-state index in [1.54, 1.807) is 6.07 Å². The summed E-state index contributed by atoms with van der Waals surface area (Å²) in [5, 5.41) is 9.62. The molecule has 0 aliphatic rings. The maximum absolute atomic E-state index is 10.8. The third kappa shape index (κ3) is 2.25. The largest absolute Gasteiger partial charge is 0.478 e. The highest BCUT2D eigenvalue weighted by atomic mass is 16.4. The van der Waals surface area contributed by atoms with Gasteiger partial charge >= 0.3 is 5.97 Å². The molecule has 0 radical (unpaired) electrons. The average molecular weight is 230 g/mol. The summed E-state index contributed by atoms with van der Waals surface area (Å²) in [5.41, 5.74) is 1.67. The molecule has 0 spiro atoms. The molecule has 2 aromatic heterocycles. The van der Waals surface area contributed by atoms with Crippen LogP contribution >= 0.6 is 0 Å². The van der Waals surface area contributed by atoms with E-state index < -0.39 is 5.97 Å². The molecule has 2 heterocycles. The third-order valence-corrected chi connectivity index (χ3v) is 2.56. The van der Waals surface area contributed by atoms with Crippen LogP contribution in [-0.2, 0) is 5.41 Å². The molecule has 0 bridgehead atoms. The van der Waals surface area contributed by atoms with E-state index in [2.05, 4.69) is 30.7 Å². The number of carboxylic acid groups (broad SMARTS) is 1. The van der Waals surface area contributed by atoms with Crippen molar-refractivity contribution >= 4 is 17.0 Å². The Bertz CT molecular complexity index is 585. The Morgan fingerprint density at radius 2 is 2.00 bits per heavy atom. The fraction of sp³-hybridized carbons (Fsp3) is 0.308. The first kappa shape index (κ1) is 11.5. The number of aromatic carboxylic acids is 1. The Balaban J connectivity index is 2.58. The number of nitrogens with zero attached hydrogens (tertiary/aromatic N) is 2. The van der Waals surface area contributed by atoms with Crippen molar-refractivity contribution < 1.29 is 9.90 Å². The smallest absolute Gasteiger partial charge is 0.337 e. The topological polar surface area (TPSA) is 63.1 Å². The van der Waals surface area contributed by atoms with Crippen LogP contribution in [0.5, 0.6) is 0 Å².